The van der Waals surface area contributed by atoms with Gasteiger partial charge in [0, 0.05) is 13.1 Å². The van der Waals surface area contributed by atoms with E-state index in [1.54, 1.807) is 12.1 Å². The van der Waals surface area contributed by atoms with Crippen LogP contribution in [0.15, 0.2) is 42.5 Å². The van der Waals surface area contributed by atoms with E-state index in [2.05, 4.69) is 5.32 Å². The Bertz CT molecular complexity index is 1110. The van der Waals surface area contributed by atoms with Crippen molar-refractivity contribution < 1.29 is 18.0 Å². The molecule has 192 valence electrons. The highest BCUT2D eigenvalue weighted by molar-refractivity contribution is 7.92. The summed E-state index contributed by atoms with van der Waals surface area (Å²) in [5.74, 6) is -0.643. The van der Waals surface area contributed by atoms with Crippen molar-refractivity contribution >= 4 is 27.5 Å². The number of benzene rings is 2. The number of rotatable bonds is 12. The highest BCUT2D eigenvalue weighted by atomic mass is 32.2. The summed E-state index contributed by atoms with van der Waals surface area (Å²) in [5.41, 5.74) is 4.16. The molecule has 35 heavy (non-hydrogen) atoms. The molecule has 0 aliphatic carbocycles. The van der Waals surface area contributed by atoms with Gasteiger partial charge in [-0.1, -0.05) is 50.6 Å². The van der Waals surface area contributed by atoms with Gasteiger partial charge in [0.25, 0.3) is 0 Å². The van der Waals surface area contributed by atoms with E-state index in [4.69, 9.17) is 0 Å². The molecule has 2 aromatic carbocycles. The van der Waals surface area contributed by atoms with Crippen molar-refractivity contribution in [3.63, 3.8) is 0 Å². The zero-order valence-electron chi connectivity index (χ0n) is 21.8. The van der Waals surface area contributed by atoms with Crippen LogP contribution in [0.1, 0.15) is 55.4 Å². The van der Waals surface area contributed by atoms with Crippen molar-refractivity contribution in [3.05, 3.63) is 64.7 Å². The van der Waals surface area contributed by atoms with Crippen molar-refractivity contribution in [1.29, 1.82) is 0 Å². The average Bonchev–Trinajstić information content (AvgIpc) is 2.77. The molecule has 0 bridgehead atoms. The number of sulfonamides is 1. The maximum Gasteiger partial charge on any atom is 0.244 e. The molecule has 0 fully saturated rings. The van der Waals surface area contributed by atoms with Crippen LogP contribution in [-0.2, 0) is 26.2 Å². The molecule has 2 aromatic rings. The highest BCUT2D eigenvalue weighted by Crippen LogP contribution is 2.23. The molecule has 2 rings (SSSR count). The minimum atomic E-state index is -3.75. The van der Waals surface area contributed by atoms with Crippen LogP contribution in [0.25, 0.3) is 0 Å². The summed E-state index contributed by atoms with van der Waals surface area (Å²) in [5, 5.41) is 2.94. The van der Waals surface area contributed by atoms with Crippen LogP contribution in [0.5, 0.6) is 0 Å². The number of carbonyl (C=O) groups is 2. The van der Waals surface area contributed by atoms with Gasteiger partial charge in [-0.25, -0.2) is 8.42 Å². The van der Waals surface area contributed by atoms with E-state index >= 15 is 0 Å². The fourth-order valence-corrected chi connectivity index (χ4v) is 4.94. The second-order valence-electron chi connectivity index (χ2n) is 9.13. The fourth-order valence-electron chi connectivity index (χ4n) is 4.11. The molecule has 1 atom stereocenters. The van der Waals surface area contributed by atoms with Crippen LogP contribution in [0.3, 0.4) is 0 Å². The number of amides is 2. The maximum atomic E-state index is 13.7. The van der Waals surface area contributed by atoms with Crippen LogP contribution >= 0.6 is 0 Å². The molecular weight excluding hydrogens is 462 g/mol. The summed E-state index contributed by atoms with van der Waals surface area (Å²) >= 11 is 0. The van der Waals surface area contributed by atoms with Gasteiger partial charge in [-0.2, -0.15) is 0 Å². The third kappa shape index (κ3) is 8.09. The number of nitrogens with zero attached hydrogens (tertiary/aromatic N) is 2. The first-order chi connectivity index (χ1) is 16.5. The number of unbranched alkanes of at least 4 members (excludes halogenated alkanes) is 1. The molecule has 0 saturated heterocycles. The predicted molar refractivity (Wildman–Crippen MR) is 142 cm³/mol. The van der Waals surface area contributed by atoms with Gasteiger partial charge in [0.2, 0.25) is 21.8 Å². The molecule has 0 aliphatic rings. The minimum Gasteiger partial charge on any atom is -0.354 e. The van der Waals surface area contributed by atoms with Crippen molar-refractivity contribution in [2.24, 2.45) is 0 Å². The van der Waals surface area contributed by atoms with Gasteiger partial charge in [-0.05, 0) is 68.0 Å². The second-order valence-corrected chi connectivity index (χ2v) is 11.0. The van der Waals surface area contributed by atoms with Gasteiger partial charge in [0.15, 0.2) is 0 Å². The first kappa shape index (κ1) is 28.4. The first-order valence-corrected chi connectivity index (χ1v) is 14.0. The monoisotopic (exact) mass is 501 g/mol. The molecule has 1 N–H and O–H groups in total. The van der Waals surface area contributed by atoms with E-state index in [-0.39, 0.29) is 19.0 Å². The minimum absolute atomic E-state index is 0.218. The quantitative estimate of drug-likeness (QED) is 0.444. The molecule has 0 aliphatic heterocycles. The van der Waals surface area contributed by atoms with Crippen molar-refractivity contribution in [3.8, 4) is 0 Å². The lowest BCUT2D eigenvalue weighted by Gasteiger charge is -2.33. The van der Waals surface area contributed by atoms with Gasteiger partial charge in [-0.15, -0.1) is 0 Å². The Balaban J connectivity index is 2.45. The van der Waals surface area contributed by atoms with E-state index in [0.29, 0.717) is 18.7 Å². The van der Waals surface area contributed by atoms with Crippen LogP contribution in [0.4, 0.5) is 5.69 Å². The Hall–Kier alpha value is -2.87. The topological polar surface area (TPSA) is 86.8 Å². The predicted octanol–water partition coefficient (Wildman–Crippen LogP) is 4.10. The third-order valence-electron chi connectivity index (χ3n) is 5.99. The van der Waals surface area contributed by atoms with Gasteiger partial charge >= 0.3 is 0 Å². The number of hydrogen-bond donors (Lipinski definition) is 1. The molecule has 0 heterocycles. The lowest BCUT2D eigenvalue weighted by molar-refractivity contribution is -0.140. The zero-order chi connectivity index (χ0) is 26.2. The van der Waals surface area contributed by atoms with Crippen molar-refractivity contribution in [2.45, 2.75) is 66.5 Å². The summed E-state index contributed by atoms with van der Waals surface area (Å²) in [6, 6.07) is 12.4. The summed E-state index contributed by atoms with van der Waals surface area (Å²) < 4.78 is 26.6. The Morgan fingerprint density at radius 2 is 1.63 bits per heavy atom. The van der Waals surface area contributed by atoms with Crippen LogP contribution in [0.2, 0.25) is 0 Å². The van der Waals surface area contributed by atoms with Crippen LogP contribution < -0.4 is 9.62 Å². The Morgan fingerprint density at radius 1 is 1.00 bits per heavy atom. The number of nitrogens with one attached hydrogen (secondary N) is 1. The number of carbonyl (C=O) groups excluding carboxylic acids is 2. The molecule has 8 heteroatoms. The zero-order valence-corrected chi connectivity index (χ0v) is 22.6. The molecule has 0 saturated carbocycles. The van der Waals surface area contributed by atoms with E-state index < -0.39 is 22.0 Å². The summed E-state index contributed by atoms with van der Waals surface area (Å²) in [6.45, 7) is 10.0. The summed E-state index contributed by atoms with van der Waals surface area (Å²) in [4.78, 5) is 28.3. The Labute approximate surface area is 210 Å². The van der Waals surface area contributed by atoms with Crippen molar-refractivity contribution in [2.75, 3.05) is 23.7 Å². The van der Waals surface area contributed by atoms with E-state index in [1.165, 1.54) is 4.90 Å². The van der Waals surface area contributed by atoms with E-state index in [0.717, 1.165) is 45.7 Å². The van der Waals surface area contributed by atoms with E-state index in [9.17, 15) is 18.0 Å². The Morgan fingerprint density at radius 3 is 2.17 bits per heavy atom. The average molecular weight is 502 g/mol. The normalized spacial score (nSPS) is 12.2. The largest absolute Gasteiger partial charge is 0.354 e. The van der Waals surface area contributed by atoms with Gasteiger partial charge in [0.05, 0.1) is 11.9 Å². The fraction of sp³-hybridized carbons (Fsp3) is 0.481. The van der Waals surface area contributed by atoms with E-state index in [1.807, 2.05) is 65.0 Å². The SMILES string of the molecule is CCCCNC(=O)[C@H](CC)N(Cc1ccccc1C)C(=O)CN(c1cc(C)cc(C)c1)S(C)(=O)=O. The van der Waals surface area contributed by atoms with Crippen LogP contribution in [0, 0.1) is 20.8 Å². The molecular formula is C27H39N3O4S. The molecule has 0 radical (unpaired) electrons. The lowest BCUT2D eigenvalue weighted by Crippen LogP contribution is -2.52. The van der Waals surface area contributed by atoms with Crippen LogP contribution in [-0.4, -0.2) is 50.5 Å². The summed E-state index contributed by atoms with van der Waals surface area (Å²) in [6.07, 6.45) is 3.31. The number of aryl methyl sites for hydroxylation is 3. The highest BCUT2D eigenvalue weighted by Gasteiger charge is 2.32. The van der Waals surface area contributed by atoms with Crippen molar-refractivity contribution in [1.82, 2.24) is 10.2 Å². The molecule has 0 unspecified atom stereocenters. The number of hydrogen-bond acceptors (Lipinski definition) is 4. The molecule has 2 amide bonds. The first-order valence-electron chi connectivity index (χ1n) is 12.2. The molecule has 0 spiro atoms. The van der Waals surface area contributed by atoms with Gasteiger partial charge in [-0.3, -0.25) is 13.9 Å². The maximum absolute atomic E-state index is 13.7. The summed E-state index contributed by atoms with van der Waals surface area (Å²) in [7, 11) is -3.75. The second kappa shape index (κ2) is 12.7. The third-order valence-corrected chi connectivity index (χ3v) is 7.13. The molecule has 7 nitrogen and oxygen atoms in total. The Kier molecular flexibility index (Phi) is 10.3. The lowest BCUT2D eigenvalue weighted by atomic mass is 10.1. The standard InChI is InChI=1S/C27H39N3O4S/c1-7-9-14-28-27(32)25(8-2)29(18-23-13-11-10-12-22(23)5)26(31)19-30(35(6,33)34)24-16-20(3)15-21(4)17-24/h10-13,15-17,25H,7-9,14,18-19H2,1-6H3,(H,28,32)/t25-/m0/s1. The smallest absolute Gasteiger partial charge is 0.244 e. The number of anilines is 1. The van der Waals surface area contributed by atoms with Gasteiger partial charge in [0.1, 0.15) is 12.6 Å². The van der Waals surface area contributed by atoms with Gasteiger partial charge < -0.3 is 10.2 Å². The molecule has 0 aromatic heterocycles.